The van der Waals surface area contributed by atoms with E-state index in [1.54, 1.807) is 9.21 Å². The van der Waals surface area contributed by atoms with E-state index >= 15 is 0 Å². The number of carbonyl (C=O) groups is 1. The van der Waals surface area contributed by atoms with Crippen LogP contribution in [0.3, 0.4) is 0 Å². The average molecular weight is 384 g/mol. The predicted molar refractivity (Wildman–Crippen MR) is 101 cm³/mol. The first kappa shape index (κ1) is 18.7. The van der Waals surface area contributed by atoms with Gasteiger partial charge in [-0.05, 0) is 56.4 Å². The Morgan fingerprint density at radius 1 is 1.12 bits per heavy atom. The van der Waals surface area contributed by atoms with Gasteiger partial charge in [-0.2, -0.15) is 0 Å². The number of likely N-dealkylation sites (tertiary alicyclic amines) is 1. The number of piperidine rings is 1. The molecule has 4 rings (SSSR count). The van der Waals surface area contributed by atoms with Gasteiger partial charge >= 0.3 is 0 Å². The van der Waals surface area contributed by atoms with Gasteiger partial charge in [0.1, 0.15) is 0 Å². The Bertz CT molecular complexity index is 680. The number of nitrogens with zero attached hydrogens (tertiary/aromatic N) is 3. The Labute approximate surface area is 157 Å². The molecule has 2 atom stereocenters. The lowest BCUT2D eigenvalue weighted by molar-refractivity contribution is -0.141. The van der Waals surface area contributed by atoms with Crippen molar-refractivity contribution in [3.05, 3.63) is 0 Å². The van der Waals surface area contributed by atoms with E-state index in [0.717, 1.165) is 58.2 Å². The summed E-state index contributed by atoms with van der Waals surface area (Å²) in [7, 11) is 0.677. The molecule has 7 heteroatoms. The molecule has 4 aliphatic rings. The lowest BCUT2D eigenvalue weighted by Gasteiger charge is -2.44. The van der Waals surface area contributed by atoms with Gasteiger partial charge in [0.2, 0.25) is 15.9 Å². The second-order valence-corrected chi connectivity index (χ2v) is 11.5. The first-order valence-corrected chi connectivity index (χ1v) is 11.7. The molecular weight excluding hydrogens is 350 g/mol. The molecule has 1 spiro atoms. The van der Waals surface area contributed by atoms with E-state index < -0.39 is 10.0 Å². The molecule has 2 saturated carbocycles. The largest absolute Gasteiger partial charge is 0.348 e. The maximum Gasteiger partial charge on any atom is 0.229 e. The predicted octanol–water partition coefficient (Wildman–Crippen LogP) is 1.38. The maximum atomic E-state index is 13.2. The number of rotatable bonds is 4. The van der Waals surface area contributed by atoms with Crippen molar-refractivity contribution in [1.82, 2.24) is 14.1 Å². The van der Waals surface area contributed by atoms with Crippen LogP contribution in [-0.2, 0) is 14.8 Å². The van der Waals surface area contributed by atoms with Crippen LogP contribution in [0.1, 0.15) is 45.4 Å². The Balaban J connectivity index is 1.56. The number of hydrogen-bond donors (Lipinski definition) is 0. The van der Waals surface area contributed by atoms with Gasteiger partial charge in [0.05, 0.1) is 10.7 Å². The molecule has 4 fully saturated rings. The molecule has 6 nitrogen and oxygen atoms in total. The molecule has 2 heterocycles. The minimum absolute atomic E-state index is 0.114. The summed E-state index contributed by atoms with van der Waals surface area (Å²) in [5, 5.41) is -0.114. The first-order valence-electron chi connectivity index (χ1n) is 10.2. The topological polar surface area (TPSA) is 60.9 Å². The van der Waals surface area contributed by atoms with Crippen molar-refractivity contribution >= 4 is 15.9 Å². The molecule has 26 heavy (non-hydrogen) atoms. The standard InChI is InChI=1S/C19H33N3O3S/c1-4-21-13-16-18(7-8-19(16,14-21)17(23)20(2)3)9-11-22(12-10-18)26(24,25)15-5-6-15/h15-16H,4-14H2,1-3H3/t16-,19+/m1/s1. The Kier molecular flexibility index (Phi) is 4.44. The van der Waals surface area contributed by atoms with Crippen LogP contribution in [0.2, 0.25) is 0 Å². The summed E-state index contributed by atoms with van der Waals surface area (Å²) >= 11 is 0. The second-order valence-electron chi connectivity index (χ2n) is 9.24. The minimum atomic E-state index is -3.07. The number of carbonyl (C=O) groups excluding carboxylic acids is 1. The minimum Gasteiger partial charge on any atom is -0.348 e. The lowest BCUT2D eigenvalue weighted by Crippen LogP contribution is -2.49. The monoisotopic (exact) mass is 383 g/mol. The van der Waals surface area contributed by atoms with Gasteiger partial charge < -0.3 is 9.80 Å². The van der Waals surface area contributed by atoms with Crippen molar-refractivity contribution in [3.63, 3.8) is 0 Å². The highest BCUT2D eigenvalue weighted by Gasteiger charge is 2.64. The van der Waals surface area contributed by atoms with Crippen molar-refractivity contribution in [3.8, 4) is 0 Å². The normalized spacial score (nSPS) is 35.0. The molecule has 148 valence electrons. The maximum absolute atomic E-state index is 13.2. The molecular formula is C19H33N3O3S. The summed E-state index contributed by atoms with van der Waals surface area (Å²) in [6, 6.07) is 0. The fraction of sp³-hybridized carbons (Fsp3) is 0.947. The number of amides is 1. The molecule has 1 amide bonds. The Hall–Kier alpha value is -0.660. The van der Waals surface area contributed by atoms with Crippen molar-refractivity contribution in [1.29, 1.82) is 0 Å². The van der Waals surface area contributed by atoms with Gasteiger partial charge in [0.25, 0.3) is 0 Å². The van der Waals surface area contributed by atoms with E-state index in [9.17, 15) is 13.2 Å². The molecule has 2 saturated heterocycles. The van der Waals surface area contributed by atoms with Crippen molar-refractivity contribution in [2.24, 2.45) is 16.7 Å². The summed E-state index contributed by atoms with van der Waals surface area (Å²) in [5.74, 6) is 0.652. The van der Waals surface area contributed by atoms with E-state index in [2.05, 4.69) is 11.8 Å². The molecule has 2 aliphatic carbocycles. The smallest absolute Gasteiger partial charge is 0.229 e. The van der Waals surface area contributed by atoms with Gasteiger partial charge in [-0.15, -0.1) is 0 Å². The highest BCUT2D eigenvalue weighted by Crippen LogP contribution is 2.62. The zero-order valence-electron chi connectivity index (χ0n) is 16.4. The van der Waals surface area contributed by atoms with Crippen LogP contribution in [0, 0.1) is 16.7 Å². The van der Waals surface area contributed by atoms with Crippen molar-refractivity contribution in [2.45, 2.75) is 50.7 Å². The number of sulfonamides is 1. The summed E-state index contributed by atoms with van der Waals surface area (Å²) in [4.78, 5) is 17.4. The molecule has 2 aliphatic heterocycles. The summed E-state index contributed by atoms with van der Waals surface area (Å²) in [5.41, 5.74) is -0.109. The zero-order valence-corrected chi connectivity index (χ0v) is 17.2. The fourth-order valence-corrected chi connectivity index (χ4v) is 7.90. The van der Waals surface area contributed by atoms with Gasteiger partial charge in [0, 0.05) is 40.3 Å². The van der Waals surface area contributed by atoms with Crippen LogP contribution in [0.25, 0.3) is 0 Å². The molecule has 0 aromatic rings. The molecule has 0 aromatic carbocycles. The van der Waals surface area contributed by atoms with Crippen molar-refractivity contribution in [2.75, 3.05) is 46.8 Å². The zero-order chi connectivity index (χ0) is 18.7. The Morgan fingerprint density at radius 3 is 2.31 bits per heavy atom. The molecule has 0 N–H and O–H groups in total. The van der Waals surface area contributed by atoms with Crippen LogP contribution < -0.4 is 0 Å². The second kappa shape index (κ2) is 6.17. The third-order valence-electron chi connectivity index (χ3n) is 7.72. The van der Waals surface area contributed by atoms with E-state index in [1.807, 2.05) is 14.1 Å². The third kappa shape index (κ3) is 2.65. The lowest BCUT2D eigenvalue weighted by atomic mass is 9.66. The number of fused-ring (bicyclic) bond motifs is 2. The van der Waals surface area contributed by atoms with E-state index in [-0.39, 0.29) is 22.0 Å². The SMILES string of the molecule is CCN1C[C@@H]2C3(CCN(S(=O)(=O)C4CC4)CC3)CC[C@]2(C(=O)N(C)C)C1. The van der Waals surface area contributed by atoms with E-state index in [4.69, 9.17) is 0 Å². The van der Waals surface area contributed by atoms with Crippen LogP contribution in [0.4, 0.5) is 0 Å². The molecule has 0 aromatic heterocycles. The van der Waals surface area contributed by atoms with Gasteiger partial charge in [0.15, 0.2) is 0 Å². The van der Waals surface area contributed by atoms with Crippen molar-refractivity contribution < 1.29 is 13.2 Å². The highest BCUT2D eigenvalue weighted by atomic mass is 32.2. The average Bonchev–Trinajstić information content (AvgIpc) is 3.35. The summed E-state index contributed by atoms with van der Waals surface area (Å²) in [6.07, 6.45) is 5.54. The Morgan fingerprint density at radius 2 is 1.77 bits per heavy atom. The first-order chi connectivity index (χ1) is 12.2. The molecule has 0 radical (unpaired) electrons. The summed E-state index contributed by atoms with van der Waals surface area (Å²) < 4.78 is 26.9. The fourth-order valence-electron chi connectivity index (χ4n) is 6.06. The van der Waals surface area contributed by atoms with Gasteiger partial charge in [-0.1, -0.05) is 6.92 Å². The van der Waals surface area contributed by atoms with Crippen LogP contribution >= 0.6 is 0 Å². The third-order valence-corrected chi connectivity index (χ3v) is 10.1. The van der Waals surface area contributed by atoms with Gasteiger partial charge in [-0.25, -0.2) is 12.7 Å². The van der Waals surface area contributed by atoms with Crippen LogP contribution in [0.5, 0.6) is 0 Å². The molecule has 0 unspecified atom stereocenters. The van der Waals surface area contributed by atoms with Crippen LogP contribution in [-0.4, -0.2) is 80.5 Å². The summed E-state index contributed by atoms with van der Waals surface area (Å²) in [6.45, 7) is 6.31. The van der Waals surface area contributed by atoms with Gasteiger partial charge in [-0.3, -0.25) is 4.79 Å². The quantitative estimate of drug-likeness (QED) is 0.736. The van der Waals surface area contributed by atoms with Crippen LogP contribution in [0.15, 0.2) is 0 Å². The van der Waals surface area contributed by atoms with E-state index in [0.29, 0.717) is 19.0 Å². The molecule has 0 bridgehead atoms. The number of hydrogen-bond acceptors (Lipinski definition) is 4. The van der Waals surface area contributed by atoms with E-state index in [1.165, 1.54) is 0 Å². The highest BCUT2D eigenvalue weighted by molar-refractivity contribution is 7.90.